The van der Waals surface area contributed by atoms with E-state index in [2.05, 4.69) is 37.6 Å². The fraction of sp³-hybridized carbons (Fsp3) is 0.477. The van der Waals surface area contributed by atoms with Crippen molar-refractivity contribution in [2.45, 2.75) is 71.6 Å². The number of rotatable bonds is 13. The highest BCUT2D eigenvalue weighted by atomic mass is 16.6. The highest BCUT2D eigenvalue weighted by Gasteiger charge is 2.42. The third kappa shape index (κ3) is 11.3. The quantitative estimate of drug-likeness (QED) is 0.176. The highest BCUT2D eigenvalue weighted by Crippen LogP contribution is 2.28. The number of imide groups is 1. The number of ether oxygens (including phenoxy) is 2. The number of piperazine rings is 1. The van der Waals surface area contributed by atoms with E-state index in [0.717, 1.165) is 60.9 Å². The highest BCUT2D eigenvalue weighted by molar-refractivity contribution is 6.07. The van der Waals surface area contributed by atoms with Crippen LogP contribution < -0.4 is 15.4 Å². The van der Waals surface area contributed by atoms with E-state index >= 15 is 0 Å². The number of aromatic nitrogens is 1. The van der Waals surface area contributed by atoms with E-state index in [1.807, 2.05) is 30.3 Å². The molecule has 3 amide bonds. The number of nitrogens with zero attached hydrogens (tertiary/aromatic N) is 4. The van der Waals surface area contributed by atoms with Gasteiger partial charge in [0.1, 0.15) is 29.6 Å². The fourth-order valence-corrected chi connectivity index (χ4v) is 7.31. The van der Waals surface area contributed by atoms with Crippen molar-refractivity contribution in [1.82, 2.24) is 30.3 Å². The number of ketones is 1. The normalized spacial score (nSPS) is 17.6. The second kappa shape index (κ2) is 18.9. The van der Waals surface area contributed by atoms with Gasteiger partial charge < -0.3 is 24.5 Å². The molecular formula is C44H56N6O7. The molecule has 2 N–H and O–H groups in total. The van der Waals surface area contributed by atoms with Gasteiger partial charge in [0.05, 0.1) is 18.3 Å². The summed E-state index contributed by atoms with van der Waals surface area (Å²) in [4.78, 5) is 65.7. The Morgan fingerprint density at radius 1 is 0.982 bits per heavy atom. The van der Waals surface area contributed by atoms with Gasteiger partial charge in [-0.3, -0.25) is 29.2 Å². The number of carbonyl (C=O) groups is 4. The summed E-state index contributed by atoms with van der Waals surface area (Å²) in [6.45, 7) is 15.3. The molecule has 4 aromatic rings. The van der Waals surface area contributed by atoms with Gasteiger partial charge in [-0.25, -0.2) is 9.69 Å². The van der Waals surface area contributed by atoms with E-state index in [1.54, 1.807) is 65.1 Å². The maximum atomic E-state index is 14.3. The lowest BCUT2D eigenvalue weighted by molar-refractivity contribution is -0.131. The number of amides is 3. The Kier molecular flexibility index (Phi) is 13.8. The van der Waals surface area contributed by atoms with E-state index < -0.39 is 41.5 Å². The largest absolute Gasteiger partial charge is 0.492 e. The first-order valence-electron chi connectivity index (χ1n) is 20.1. The number of carbonyl (C=O) groups excluding carboxylic acids is 4. The van der Waals surface area contributed by atoms with Gasteiger partial charge in [0.2, 0.25) is 5.91 Å². The zero-order chi connectivity index (χ0) is 40.5. The summed E-state index contributed by atoms with van der Waals surface area (Å²) < 4.78 is 17.7. The predicted octanol–water partition coefficient (Wildman–Crippen LogP) is 5.57. The molecule has 2 fully saturated rings. The Labute approximate surface area is 335 Å². The van der Waals surface area contributed by atoms with Crippen molar-refractivity contribution in [3.8, 4) is 17.0 Å². The Morgan fingerprint density at radius 2 is 1.79 bits per heavy atom. The first kappa shape index (κ1) is 41.5. The van der Waals surface area contributed by atoms with E-state index in [1.165, 1.54) is 0 Å². The van der Waals surface area contributed by atoms with Crippen molar-refractivity contribution < 1.29 is 33.1 Å². The van der Waals surface area contributed by atoms with Crippen molar-refractivity contribution in [1.29, 1.82) is 0 Å². The second-order valence-corrected chi connectivity index (χ2v) is 16.2. The number of furan rings is 1. The monoisotopic (exact) mass is 780 g/mol. The smallest absolute Gasteiger partial charge is 0.418 e. The lowest BCUT2D eigenvalue weighted by Crippen LogP contribution is -2.58. The molecule has 2 aliphatic rings. The lowest BCUT2D eigenvalue weighted by atomic mass is 9.99. The van der Waals surface area contributed by atoms with Gasteiger partial charge in [0.25, 0.3) is 5.91 Å². The topological polar surface area (TPSA) is 147 Å². The van der Waals surface area contributed by atoms with Crippen LogP contribution in [0, 0.1) is 5.92 Å². The van der Waals surface area contributed by atoms with Gasteiger partial charge in [0, 0.05) is 56.4 Å². The van der Waals surface area contributed by atoms with E-state index in [4.69, 9.17) is 13.9 Å². The molecule has 304 valence electrons. The van der Waals surface area contributed by atoms with Crippen LogP contribution in [0.2, 0.25) is 0 Å². The third-order valence-electron chi connectivity index (χ3n) is 10.2. The van der Waals surface area contributed by atoms with Gasteiger partial charge in [-0.2, -0.15) is 0 Å². The summed E-state index contributed by atoms with van der Waals surface area (Å²) in [5.74, 6) is -1.58. The van der Waals surface area contributed by atoms with Crippen molar-refractivity contribution in [2.75, 3.05) is 59.0 Å². The maximum Gasteiger partial charge on any atom is 0.418 e. The SMILES string of the molecule is CC(C)C(C(=O)NC1CCCN(CCc2cccc(-c3ccccn3)c2)CC1=O)N(C(=O)OC(C)(C)C)C(=O)c1cc2cc(OCCN3CCNCC3)ccc2o1. The van der Waals surface area contributed by atoms with Crippen LogP contribution in [0.4, 0.5) is 4.79 Å². The molecule has 0 aliphatic carbocycles. The van der Waals surface area contributed by atoms with E-state index in [0.29, 0.717) is 49.3 Å². The van der Waals surface area contributed by atoms with E-state index in [9.17, 15) is 19.2 Å². The molecule has 0 bridgehead atoms. The van der Waals surface area contributed by atoms with Crippen molar-refractivity contribution in [3.05, 3.63) is 84.3 Å². The number of Topliss-reactive ketones (excluding diaryl/α,β-unsaturated/α-hetero) is 1. The summed E-state index contributed by atoms with van der Waals surface area (Å²) in [5, 5.41) is 6.87. The van der Waals surface area contributed by atoms with Crippen LogP contribution in [0.25, 0.3) is 22.2 Å². The molecule has 2 atom stereocenters. The average molecular weight is 781 g/mol. The first-order valence-corrected chi connectivity index (χ1v) is 20.1. The number of fused-ring (bicyclic) bond motifs is 1. The predicted molar refractivity (Wildman–Crippen MR) is 218 cm³/mol. The maximum absolute atomic E-state index is 14.3. The number of hydrogen-bond donors (Lipinski definition) is 2. The molecule has 2 saturated heterocycles. The Bertz CT molecular complexity index is 2000. The zero-order valence-corrected chi connectivity index (χ0v) is 33.8. The molecule has 57 heavy (non-hydrogen) atoms. The number of pyridine rings is 1. The van der Waals surface area contributed by atoms with Gasteiger partial charge in [-0.15, -0.1) is 0 Å². The van der Waals surface area contributed by atoms with Crippen LogP contribution in [-0.2, 0) is 20.7 Å². The summed E-state index contributed by atoms with van der Waals surface area (Å²) in [5.41, 5.74) is 2.56. The van der Waals surface area contributed by atoms with Crippen LogP contribution in [0.5, 0.6) is 5.75 Å². The molecule has 0 saturated carbocycles. The summed E-state index contributed by atoms with van der Waals surface area (Å²) >= 11 is 0. The molecule has 2 unspecified atom stereocenters. The van der Waals surface area contributed by atoms with Gasteiger partial charge in [-0.1, -0.05) is 38.1 Å². The summed E-state index contributed by atoms with van der Waals surface area (Å²) in [7, 11) is 0. The second-order valence-electron chi connectivity index (χ2n) is 16.2. The Hall–Kier alpha value is -5.11. The van der Waals surface area contributed by atoms with Crippen LogP contribution in [0.3, 0.4) is 0 Å². The minimum atomic E-state index is -1.29. The number of likely N-dealkylation sites (tertiary alicyclic amines) is 1. The van der Waals surface area contributed by atoms with Crippen molar-refractivity contribution in [3.63, 3.8) is 0 Å². The third-order valence-corrected chi connectivity index (χ3v) is 10.2. The Morgan fingerprint density at radius 3 is 2.53 bits per heavy atom. The van der Waals surface area contributed by atoms with Crippen LogP contribution >= 0.6 is 0 Å². The molecule has 0 radical (unpaired) electrons. The van der Waals surface area contributed by atoms with E-state index in [-0.39, 0.29) is 18.1 Å². The minimum absolute atomic E-state index is 0.121. The molecular weight excluding hydrogens is 725 g/mol. The van der Waals surface area contributed by atoms with Gasteiger partial charge in [-0.05, 0) is 101 Å². The van der Waals surface area contributed by atoms with Crippen molar-refractivity contribution >= 4 is 34.7 Å². The number of hydrogen-bond acceptors (Lipinski definition) is 11. The van der Waals surface area contributed by atoms with Crippen LogP contribution in [0.15, 0.2) is 77.3 Å². The van der Waals surface area contributed by atoms with Gasteiger partial charge >= 0.3 is 6.09 Å². The molecule has 4 heterocycles. The summed E-state index contributed by atoms with van der Waals surface area (Å²) in [6.07, 6.45) is 2.67. The standard InChI is InChI=1S/C44H56N6O7/c1-30(2)40(41(52)47-36-13-9-20-49(29-37(36)51)21-16-31-10-8-11-32(26-31)35-12-6-7-17-46-35)50(43(54)57-44(3,4)5)42(53)39-28-33-27-34(14-15-38(33)56-39)55-25-24-48-22-18-45-19-23-48/h6-8,10-12,14-15,17,26-28,30,36,40,45H,9,13,16,18-25,29H2,1-5H3,(H,47,52). The molecule has 2 aliphatic heterocycles. The van der Waals surface area contributed by atoms with Gasteiger partial charge in [0.15, 0.2) is 11.5 Å². The van der Waals surface area contributed by atoms with Crippen molar-refractivity contribution in [2.24, 2.45) is 5.92 Å². The molecule has 0 spiro atoms. The van der Waals surface area contributed by atoms with Crippen LogP contribution in [0.1, 0.15) is 63.6 Å². The molecule has 13 nitrogen and oxygen atoms in total. The first-order chi connectivity index (χ1) is 27.3. The summed E-state index contributed by atoms with van der Waals surface area (Å²) in [6, 6.07) is 18.9. The zero-order valence-electron chi connectivity index (χ0n) is 33.8. The number of nitrogens with one attached hydrogen (secondary N) is 2. The average Bonchev–Trinajstić information content (AvgIpc) is 3.53. The minimum Gasteiger partial charge on any atom is -0.492 e. The molecule has 6 rings (SSSR count). The molecule has 2 aromatic carbocycles. The molecule has 2 aromatic heterocycles. The Balaban J connectivity index is 1.13. The lowest BCUT2D eigenvalue weighted by Gasteiger charge is -2.33. The van der Waals surface area contributed by atoms with Crippen LogP contribution in [-0.4, -0.2) is 120 Å². The molecule has 13 heteroatoms. The fourth-order valence-electron chi connectivity index (χ4n) is 7.31. The number of benzene rings is 2.